The minimum atomic E-state index is -0.789. The molecule has 0 bridgehead atoms. The Balaban J connectivity index is 1.69. The molecule has 1 aromatic heterocycles. The van der Waals surface area contributed by atoms with Gasteiger partial charge in [-0.1, -0.05) is 53.5 Å². The Kier molecular flexibility index (Phi) is 5.76. The number of carboxylic acids is 1. The van der Waals surface area contributed by atoms with Crippen LogP contribution in [-0.4, -0.2) is 21.0 Å². The van der Waals surface area contributed by atoms with Gasteiger partial charge in [-0.15, -0.1) is 0 Å². The Labute approximate surface area is 161 Å². The van der Waals surface area contributed by atoms with Crippen LogP contribution < -0.4 is 0 Å². The molecule has 0 saturated carbocycles. The fourth-order valence-electron chi connectivity index (χ4n) is 2.49. The Morgan fingerprint density at radius 2 is 1.88 bits per heavy atom. The number of nitrogens with zero attached hydrogens (tertiary/aromatic N) is 1. The van der Waals surface area contributed by atoms with Crippen molar-refractivity contribution in [2.75, 3.05) is 0 Å². The van der Waals surface area contributed by atoms with Crippen molar-refractivity contribution in [1.29, 1.82) is 0 Å². The summed E-state index contributed by atoms with van der Waals surface area (Å²) in [7, 11) is 0. The average molecular weight is 387 g/mol. The van der Waals surface area contributed by atoms with E-state index in [2.05, 4.69) is 9.97 Å². The van der Waals surface area contributed by atoms with Crippen molar-refractivity contribution >= 4 is 41.3 Å². The molecule has 0 spiro atoms. The first-order valence-corrected chi connectivity index (χ1v) is 8.76. The van der Waals surface area contributed by atoms with Gasteiger partial charge in [0, 0.05) is 17.0 Å². The predicted molar refractivity (Wildman–Crippen MR) is 105 cm³/mol. The molecule has 0 aliphatic heterocycles. The number of H-pyrrole nitrogens is 1. The molecule has 3 aromatic rings. The van der Waals surface area contributed by atoms with Gasteiger partial charge >= 0.3 is 5.97 Å². The van der Waals surface area contributed by atoms with Crippen molar-refractivity contribution in [3.8, 4) is 11.3 Å². The highest BCUT2D eigenvalue weighted by molar-refractivity contribution is 6.36. The highest BCUT2D eigenvalue weighted by Crippen LogP contribution is 2.29. The lowest BCUT2D eigenvalue weighted by molar-refractivity contribution is -0.136. The molecule has 6 heteroatoms. The fraction of sp³-hybridized carbons (Fsp3) is 0.100. The number of aromatic nitrogens is 2. The molecule has 1 heterocycles. The number of carboxylic acid groups (broad SMARTS) is 1. The number of aryl methyl sites for hydroxylation is 1. The monoisotopic (exact) mass is 386 g/mol. The molecular formula is C20H16Cl2N2O2. The molecule has 0 fully saturated rings. The number of rotatable bonds is 6. The number of nitrogens with one attached hydrogen (secondary N) is 1. The van der Waals surface area contributed by atoms with Gasteiger partial charge in [-0.2, -0.15) is 0 Å². The van der Waals surface area contributed by atoms with Gasteiger partial charge in [-0.25, -0.2) is 4.98 Å². The highest BCUT2D eigenvalue weighted by Gasteiger charge is 2.07. The first kappa shape index (κ1) is 18.2. The lowest BCUT2D eigenvalue weighted by Gasteiger charge is -2.01. The molecule has 0 saturated heterocycles. The summed E-state index contributed by atoms with van der Waals surface area (Å²) in [5.41, 5.74) is 3.66. The van der Waals surface area contributed by atoms with E-state index in [1.165, 1.54) is 0 Å². The van der Waals surface area contributed by atoms with Crippen LogP contribution in [-0.2, 0) is 11.2 Å². The summed E-state index contributed by atoms with van der Waals surface area (Å²) in [4.78, 5) is 18.2. The smallest absolute Gasteiger partial charge is 0.303 e. The van der Waals surface area contributed by atoms with Gasteiger partial charge in [0.2, 0.25) is 0 Å². The van der Waals surface area contributed by atoms with Crippen molar-refractivity contribution in [1.82, 2.24) is 9.97 Å². The highest BCUT2D eigenvalue weighted by atomic mass is 35.5. The normalized spacial score (nSPS) is 11.2. The van der Waals surface area contributed by atoms with Gasteiger partial charge in [0.05, 0.1) is 16.9 Å². The van der Waals surface area contributed by atoms with Crippen LogP contribution in [0, 0.1) is 0 Å². The zero-order chi connectivity index (χ0) is 18.5. The summed E-state index contributed by atoms with van der Waals surface area (Å²) in [6.45, 7) is 0. The molecule has 0 amide bonds. The Bertz CT molecular complexity index is 947. The van der Waals surface area contributed by atoms with Crippen molar-refractivity contribution in [2.24, 2.45) is 0 Å². The van der Waals surface area contributed by atoms with Crippen molar-refractivity contribution < 1.29 is 9.90 Å². The number of aliphatic carboxylic acids is 1. The zero-order valence-electron chi connectivity index (χ0n) is 13.7. The third kappa shape index (κ3) is 4.75. The van der Waals surface area contributed by atoms with Crippen LogP contribution >= 0.6 is 23.2 Å². The standard InChI is InChI=1S/C20H16Cl2N2O2/c21-15-7-8-16(17(22)11-15)18-12-23-19(24-18)9-5-13-1-3-14(4-2-13)6-10-20(25)26/h1-5,7-9,11-12H,6,10H2,(H,23,24)(H,25,26)/b9-5+. The van der Waals surface area contributed by atoms with Crippen LogP contribution in [0.25, 0.3) is 23.4 Å². The molecular weight excluding hydrogens is 371 g/mol. The lowest BCUT2D eigenvalue weighted by Crippen LogP contribution is -1.97. The largest absolute Gasteiger partial charge is 0.481 e. The molecule has 0 aliphatic carbocycles. The second-order valence-corrected chi connectivity index (χ2v) is 6.62. The van der Waals surface area contributed by atoms with Gasteiger partial charge < -0.3 is 10.1 Å². The third-order valence-electron chi connectivity index (χ3n) is 3.86. The molecule has 4 nitrogen and oxygen atoms in total. The SMILES string of the molecule is O=C(O)CCc1ccc(/C=C/c2ncc(-c3ccc(Cl)cc3Cl)[nH]2)cc1. The van der Waals surface area contributed by atoms with E-state index in [4.69, 9.17) is 28.3 Å². The molecule has 3 rings (SSSR count). The molecule has 2 aromatic carbocycles. The van der Waals surface area contributed by atoms with Gasteiger partial charge in [0.15, 0.2) is 0 Å². The van der Waals surface area contributed by atoms with Crippen LogP contribution in [0.1, 0.15) is 23.4 Å². The molecule has 26 heavy (non-hydrogen) atoms. The van der Waals surface area contributed by atoms with E-state index in [9.17, 15) is 4.79 Å². The first-order valence-electron chi connectivity index (χ1n) is 8.00. The number of imidazole rings is 1. The van der Waals surface area contributed by atoms with Crippen molar-refractivity contribution in [3.05, 3.63) is 75.7 Å². The zero-order valence-corrected chi connectivity index (χ0v) is 15.3. The number of benzene rings is 2. The Hall–Kier alpha value is -2.56. The summed E-state index contributed by atoms with van der Waals surface area (Å²) >= 11 is 12.1. The molecule has 0 aliphatic rings. The molecule has 132 valence electrons. The minimum absolute atomic E-state index is 0.137. The minimum Gasteiger partial charge on any atom is -0.481 e. The molecule has 0 radical (unpaired) electrons. The van der Waals surface area contributed by atoms with E-state index in [1.807, 2.05) is 42.5 Å². The topological polar surface area (TPSA) is 66.0 Å². The van der Waals surface area contributed by atoms with Crippen LogP contribution in [0.3, 0.4) is 0 Å². The summed E-state index contributed by atoms with van der Waals surface area (Å²) < 4.78 is 0. The number of hydrogen-bond donors (Lipinski definition) is 2. The Morgan fingerprint density at radius 3 is 2.58 bits per heavy atom. The van der Waals surface area contributed by atoms with Gasteiger partial charge in [-0.05, 0) is 41.8 Å². The van der Waals surface area contributed by atoms with Crippen LogP contribution in [0.15, 0.2) is 48.7 Å². The number of halogens is 2. The van der Waals surface area contributed by atoms with Crippen molar-refractivity contribution in [3.63, 3.8) is 0 Å². The summed E-state index contributed by atoms with van der Waals surface area (Å²) in [6, 6.07) is 13.1. The first-order chi connectivity index (χ1) is 12.5. The third-order valence-corrected chi connectivity index (χ3v) is 4.41. The molecule has 0 unspecified atom stereocenters. The van der Waals surface area contributed by atoms with Crippen molar-refractivity contribution in [2.45, 2.75) is 12.8 Å². The lowest BCUT2D eigenvalue weighted by atomic mass is 10.1. The average Bonchev–Trinajstić information content (AvgIpc) is 3.07. The van der Waals surface area contributed by atoms with Gasteiger partial charge in [-0.3, -0.25) is 4.79 Å². The summed E-state index contributed by atoms with van der Waals surface area (Å²) in [5.74, 6) is -0.0793. The number of carbonyl (C=O) groups is 1. The van der Waals surface area contributed by atoms with Crippen LogP contribution in [0.5, 0.6) is 0 Å². The van der Waals surface area contributed by atoms with Crippen LogP contribution in [0.2, 0.25) is 10.0 Å². The second-order valence-electron chi connectivity index (χ2n) is 5.77. The summed E-state index contributed by atoms with van der Waals surface area (Å²) in [5, 5.41) is 9.87. The van der Waals surface area contributed by atoms with E-state index in [0.717, 1.165) is 22.4 Å². The van der Waals surface area contributed by atoms with E-state index in [1.54, 1.807) is 18.3 Å². The fourth-order valence-corrected chi connectivity index (χ4v) is 3.00. The second kappa shape index (κ2) is 8.21. The number of aromatic amines is 1. The maximum Gasteiger partial charge on any atom is 0.303 e. The van der Waals surface area contributed by atoms with E-state index in [-0.39, 0.29) is 6.42 Å². The Morgan fingerprint density at radius 1 is 1.12 bits per heavy atom. The van der Waals surface area contributed by atoms with Gasteiger partial charge in [0.1, 0.15) is 5.82 Å². The summed E-state index contributed by atoms with van der Waals surface area (Å²) in [6.07, 6.45) is 6.21. The van der Waals surface area contributed by atoms with Gasteiger partial charge in [0.25, 0.3) is 0 Å². The quantitative estimate of drug-likeness (QED) is 0.581. The van der Waals surface area contributed by atoms with E-state index in [0.29, 0.717) is 22.3 Å². The van der Waals surface area contributed by atoms with Crippen LogP contribution in [0.4, 0.5) is 0 Å². The maximum atomic E-state index is 10.6. The maximum absolute atomic E-state index is 10.6. The molecule has 0 atom stereocenters. The molecule has 2 N–H and O–H groups in total. The van der Waals surface area contributed by atoms with E-state index < -0.39 is 5.97 Å². The number of hydrogen-bond acceptors (Lipinski definition) is 2. The predicted octanol–water partition coefficient (Wildman–Crippen LogP) is 5.57. The van der Waals surface area contributed by atoms with E-state index >= 15 is 0 Å².